The molecule has 2 fully saturated rings. The van der Waals surface area contributed by atoms with Crippen molar-refractivity contribution in [1.82, 2.24) is 57.7 Å². The number of primary amides is 1. The number of hydrogen-bond acceptors (Lipinski definition) is 22. The Morgan fingerprint density at radius 1 is 0.726 bits per heavy atom. The van der Waals surface area contributed by atoms with E-state index in [1.807, 2.05) is 18.2 Å². The lowest BCUT2D eigenvalue weighted by molar-refractivity contribution is -0.148. The molecule has 0 bridgehead atoms. The molecule has 584 valence electrons. The fourth-order valence-corrected chi connectivity index (χ4v) is 14.6. The number of likely N-dealkylation sites (N-methyl/N-ethyl adjacent to an activating group) is 1. The average Bonchev–Trinajstić information content (AvgIpc) is 0.874. The summed E-state index contributed by atoms with van der Waals surface area (Å²) in [5.41, 5.74) is 19.6. The van der Waals surface area contributed by atoms with E-state index in [-0.39, 0.29) is 93.7 Å². The summed E-state index contributed by atoms with van der Waals surface area (Å²) in [5.74, 6) is -10.5. The Labute approximate surface area is 621 Å². The number of fused-ring (bicyclic) bond motifs is 2. The molecule has 38 heteroatoms. The number of unbranched alkanes of at least 4 members (excludes halogenated alkanes) is 1. The largest absolute Gasteiger partial charge is 0.508 e. The number of carbonyl (C=O) groups is 13. The van der Waals surface area contributed by atoms with Crippen LogP contribution in [0, 0.1) is 0 Å². The summed E-state index contributed by atoms with van der Waals surface area (Å²) in [6, 6.07) is 5.36. The number of carbonyl (C=O) groups excluding carboxylic acids is 13. The number of piperidine rings is 1. The van der Waals surface area contributed by atoms with Crippen molar-refractivity contribution >= 4 is 123 Å². The highest BCUT2D eigenvalue weighted by Gasteiger charge is 2.44. The van der Waals surface area contributed by atoms with Crippen LogP contribution >= 0.6 is 29.4 Å². The molecule has 3 aromatic rings. The van der Waals surface area contributed by atoms with E-state index in [4.69, 9.17) is 27.5 Å². The van der Waals surface area contributed by atoms with Gasteiger partial charge in [0.25, 0.3) is 0 Å². The van der Waals surface area contributed by atoms with Crippen LogP contribution in [0.25, 0.3) is 10.8 Å². The van der Waals surface area contributed by atoms with Crippen LogP contribution in [0.1, 0.15) is 123 Å². The number of ketones is 2. The van der Waals surface area contributed by atoms with Gasteiger partial charge in [-0.05, 0) is 126 Å². The van der Waals surface area contributed by atoms with Gasteiger partial charge in [-0.25, -0.2) is 4.57 Å². The number of phosphoric ester groups is 1. The van der Waals surface area contributed by atoms with Crippen molar-refractivity contribution in [2.24, 2.45) is 27.9 Å². The Morgan fingerprint density at radius 3 is 1.97 bits per heavy atom. The number of nitrogens with one attached hydrogen (secondary N) is 9. The molecule has 2 aliphatic heterocycles. The van der Waals surface area contributed by atoms with Crippen LogP contribution in [0.4, 0.5) is 0 Å². The highest BCUT2D eigenvalue weighted by Crippen LogP contribution is 2.38. The van der Waals surface area contributed by atoms with Gasteiger partial charge in [0.2, 0.25) is 65.0 Å². The summed E-state index contributed by atoms with van der Waals surface area (Å²) in [6.07, 6.45) is -1.54. The molecule has 35 nitrogen and oxygen atoms in total. The number of phenols is 1. The van der Waals surface area contributed by atoms with Crippen molar-refractivity contribution in [1.29, 1.82) is 0 Å². The maximum Gasteiger partial charge on any atom is 0.469 e. The summed E-state index contributed by atoms with van der Waals surface area (Å²) in [4.78, 5) is 206. The number of amides is 11. The first-order chi connectivity index (χ1) is 49.7. The number of aromatic hydroxyl groups is 1. The summed E-state index contributed by atoms with van der Waals surface area (Å²) < 4.78 is 17.1. The van der Waals surface area contributed by atoms with E-state index in [2.05, 4.69) is 52.8 Å². The second-order valence-corrected chi connectivity index (χ2v) is 30.7. The normalized spacial score (nSPS) is 20.8. The van der Waals surface area contributed by atoms with E-state index >= 15 is 4.79 Å². The molecule has 2 saturated heterocycles. The van der Waals surface area contributed by atoms with E-state index in [1.54, 1.807) is 24.3 Å². The van der Waals surface area contributed by atoms with E-state index in [0.717, 1.165) is 34.4 Å². The van der Waals surface area contributed by atoms with E-state index in [0.29, 0.717) is 36.8 Å². The molecular weight excluding hydrogens is 1440 g/mol. The maximum atomic E-state index is 15.0. The Balaban J connectivity index is 1.30. The molecule has 0 saturated carbocycles. The summed E-state index contributed by atoms with van der Waals surface area (Å²) >= 11 is 0. The van der Waals surface area contributed by atoms with Gasteiger partial charge in [0, 0.05) is 70.8 Å². The molecule has 11 amide bonds. The van der Waals surface area contributed by atoms with Gasteiger partial charge in [0.15, 0.2) is 23.3 Å². The van der Waals surface area contributed by atoms with Gasteiger partial charge >= 0.3 is 7.82 Å². The predicted molar refractivity (Wildman–Crippen MR) is 394 cm³/mol. The minimum Gasteiger partial charge on any atom is -0.508 e. The number of rotatable bonds is 34. The van der Waals surface area contributed by atoms with Crippen LogP contribution in [0.5, 0.6) is 5.75 Å². The van der Waals surface area contributed by atoms with Crippen molar-refractivity contribution in [2.75, 3.05) is 44.7 Å². The van der Waals surface area contributed by atoms with E-state index in [1.165, 1.54) is 80.6 Å². The molecule has 2 heterocycles. The SMILES string of the molecule is CC(=O)NC(CSSCCC(=O)NCCCCC(NC(=O)CC[C@@H]1NC(=O)[C@H](Cc2ccc(O)cc2)NC(=O)[C@H](Cc2ccc3ccccc3c2)NC(=O)[C@@H]2CCCCN2C(=O)C([C@H](C)OP(=O)(O)O)NC(=O)CN(C)C(=O)C(C)NC1=O)C(N)=O)C(=O)C(C)(C)N[C@@H](CCCN=C(N)N)C(=O)C(C)(N)O. The molecular formula is C68H101N16O19PS2. The van der Waals surface area contributed by atoms with Crippen molar-refractivity contribution in [3.63, 3.8) is 0 Å². The quantitative estimate of drug-likeness (QED) is 0.00770. The number of guanidine groups is 1. The molecule has 2 aliphatic rings. The highest BCUT2D eigenvalue weighted by atomic mass is 33.1. The number of hydrogen-bond donors (Lipinski definition) is 17. The van der Waals surface area contributed by atoms with Crippen molar-refractivity contribution in [2.45, 2.75) is 197 Å². The fraction of sp³-hybridized carbons (Fsp3) is 0.559. The predicted octanol–water partition coefficient (Wildman–Crippen LogP) is -1.97. The molecule has 21 N–H and O–H groups in total. The molecule has 11 atom stereocenters. The number of phosphoric acid groups is 1. The Kier molecular flexibility index (Phi) is 34.3. The number of aliphatic hydroxyl groups is 1. The Morgan fingerprint density at radius 2 is 1.34 bits per heavy atom. The first kappa shape index (κ1) is 87.8. The summed E-state index contributed by atoms with van der Waals surface area (Å²) in [5, 5.41) is 46.1. The van der Waals surface area contributed by atoms with Gasteiger partial charge in [0.05, 0.1) is 30.3 Å². The maximum absolute atomic E-state index is 15.0. The lowest BCUT2D eigenvalue weighted by Crippen LogP contribution is -2.63. The first-order valence-electron chi connectivity index (χ1n) is 34.6. The van der Waals surface area contributed by atoms with Crippen LogP contribution in [-0.2, 0) is 84.3 Å². The summed E-state index contributed by atoms with van der Waals surface area (Å²) in [6.45, 7) is 7.16. The average molecular weight is 1540 g/mol. The zero-order chi connectivity index (χ0) is 78.8. The smallest absolute Gasteiger partial charge is 0.469 e. The van der Waals surface area contributed by atoms with Gasteiger partial charge in [-0.2, -0.15) is 0 Å². The monoisotopic (exact) mass is 1540 g/mol. The lowest BCUT2D eigenvalue weighted by atomic mass is 9.90. The van der Waals surface area contributed by atoms with Gasteiger partial charge in [-0.3, -0.25) is 82.9 Å². The Hall–Kier alpha value is -8.81. The number of phenolic OH excluding ortho intramolecular Hbond substituents is 1. The van der Waals surface area contributed by atoms with Crippen LogP contribution in [0.2, 0.25) is 0 Å². The molecule has 0 aromatic heterocycles. The second-order valence-electron chi connectivity index (χ2n) is 26.9. The van der Waals surface area contributed by atoms with Crippen molar-refractivity contribution in [3.8, 4) is 5.75 Å². The van der Waals surface area contributed by atoms with Crippen molar-refractivity contribution in [3.05, 3.63) is 77.9 Å². The minimum atomic E-state index is -5.34. The van der Waals surface area contributed by atoms with Gasteiger partial charge in [-0.1, -0.05) is 76.2 Å². The van der Waals surface area contributed by atoms with Crippen LogP contribution in [0.3, 0.4) is 0 Å². The third-order valence-electron chi connectivity index (χ3n) is 17.4. The number of benzene rings is 3. The number of aliphatic imine (C=N–C) groups is 1. The number of nitrogens with zero attached hydrogens (tertiary/aromatic N) is 3. The first-order valence-corrected chi connectivity index (χ1v) is 38.6. The molecule has 0 spiro atoms. The molecule has 106 heavy (non-hydrogen) atoms. The topological polar surface area (TPSA) is 560 Å². The minimum absolute atomic E-state index is 0.00296. The van der Waals surface area contributed by atoms with Crippen LogP contribution < -0.4 is 70.8 Å². The lowest BCUT2D eigenvalue weighted by Gasteiger charge is -2.38. The molecule has 3 aromatic carbocycles. The highest BCUT2D eigenvalue weighted by molar-refractivity contribution is 8.76. The molecule has 0 aliphatic carbocycles. The third-order valence-corrected chi connectivity index (χ3v) is 20.4. The van der Waals surface area contributed by atoms with Crippen LogP contribution in [0.15, 0.2) is 71.7 Å². The van der Waals surface area contributed by atoms with Gasteiger partial charge in [0.1, 0.15) is 48.0 Å². The van der Waals surface area contributed by atoms with E-state index in [9.17, 15) is 82.1 Å². The second kappa shape index (κ2) is 41.3. The van der Waals surface area contributed by atoms with E-state index < -0.39 is 170 Å². The zero-order valence-electron chi connectivity index (χ0n) is 60.4. The molecule has 0 radical (unpaired) electrons. The molecule has 5 rings (SSSR count). The standard InChI is InChI=1S/C68H101N16O19PS2/c1-38-64(97)83(7)36-55(89)81-56(39(2)103-104(100,101)102)65(98)84-31-13-11-19-52(84)63(96)80-50(35-42-20-23-43-15-8-9-16-44(43)33-42)62(95)79-49(34-41-21-24-45(86)25-22-41)61(94)78-48(60(93)75-38)26-27-54(88)77-47(59(69)92)17-10-12-29-73-53(87)28-32-105-106-37-51(76-40(3)85)57(90)67(4,5)82-46(58(91)68(6,72)99)18-14-30-74-66(70)71/h8-9,15-16,20-25,33,38-39,46-52,56,82,86,99H,10-14,17-19,26-32,34-37,72H2,1-7H3,(H2,69,92)(H,73,87)(H,75,93)(H,76,85)(H,77,88)(H,78,94)(H,79,95)(H,80,96)(H,81,89)(H4,70,71,74)(H2,100,101,102)/t38?,39-,46-,47?,48-,49-,50-,51?,52-,56?,68?/m0/s1. The van der Waals surface area contributed by atoms with Gasteiger partial charge < -0.3 is 89.5 Å². The Bertz CT molecular complexity index is 3710. The van der Waals surface area contributed by atoms with Gasteiger partial charge in [-0.15, -0.1) is 0 Å². The zero-order valence-corrected chi connectivity index (χ0v) is 62.9. The van der Waals surface area contributed by atoms with Crippen LogP contribution in [-0.4, -0.2) is 229 Å². The summed E-state index contributed by atoms with van der Waals surface area (Å²) in [7, 11) is -1.69. The fourth-order valence-electron chi connectivity index (χ4n) is 11.9. The number of nitrogens with two attached hydrogens (primary N) is 4. The third kappa shape index (κ3) is 29.2. The molecule has 5 unspecified atom stereocenters. The van der Waals surface area contributed by atoms with Crippen molar-refractivity contribution < 1.29 is 91.4 Å². The number of Topliss-reactive ketones (excluding diaryl/α,β-unsaturated/α-hetero) is 2.